The number of carbonyl (C=O) groups is 2. The second-order valence-corrected chi connectivity index (χ2v) is 7.91. The molecule has 0 radical (unpaired) electrons. The van der Waals surface area contributed by atoms with Gasteiger partial charge in [0.1, 0.15) is 0 Å². The molecule has 1 atom stereocenters. The van der Waals surface area contributed by atoms with Crippen LogP contribution in [0.1, 0.15) is 54.7 Å². The molecule has 0 aliphatic carbocycles. The Morgan fingerprint density at radius 3 is 2.04 bits per heavy atom. The topological polar surface area (TPSA) is 66.4 Å². The van der Waals surface area contributed by atoms with Gasteiger partial charge in [-0.1, -0.05) is 74.3 Å². The first kappa shape index (κ1) is 20.3. The molecule has 0 aliphatic heterocycles. The normalized spacial score (nSPS) is 12.5. The maximum Gasteiger partial charge on any atom is 0.305 e. The minimum atomic E-state index is -1.01. The van der Waals surface area contributed by atoms with E-state index >= 15 is 0 Å². The number of amides is 1. The zero-order valence-corrected chi connectivity index (χ0v) is 16.4. The molecule has 0 aromatic heterocycles. The molecule has 0 saturated heterocycles. The first-order chi connectivity index (χ1) is 12.1. The van der Waals surface area contributed by atoms with Gasteiger partial charge in [0.15, 0.2) is 0 Å². The van der Waals surface area contributed by atoms with Gasteiger partial charge < -0.3 is 10.4 Å². The molecule has 0 aliphatic rings. The molecule has 2 aromatic rings. The van der Waals surface area contributed by atoms with Crippen molar-refractivity contribution in [2.75, 3.05) is 0 Å². The van der Waals surface area contributed by atoms with E-state index in [0.717, 1.165) is 5.56 Å². The summed E-state index contributed by atoms with van der Waals surface area (Å²) in [5.74, 6) is -1.52. The van der Waals surface area contributed by atoms with Gasteiger partial charge in [0.2, 0.25) is 0 Å². The number of hydrogen-bond donors (Lipinski definition) is 2. The maximum absolute atomic E-state index is 12.6. The zero-order valence-electron chi connectivity index (χ0n) is 14.8. The van der Waals surface area contributed by atoms with Crippen LogP contribution in [-0.4, -0.2) is 17.0 Å². The molecule has 6 heteroatoms. The summed E-state index contributed by atoms with van der Waals surface area (Å²) in [6.07, 6.45) is -0.247. The lowest BCUT2D eigenvalue weighted by Gasteiger charge is -2.22. The molecule has 0 saturated carbocycles. The highest BCUT2D eigenvalue weighted by molar-refractivity contribution is 6.39. The van der Waals surface area contributed by atoms with Gasteiger partial charge in [0.05, 0.1) is 28.1 Å². The van der Waals surface area contributed by atoms with Gasteiger partial charge in [-0.05, 0) is 28.7 Å². The number of rotatable bonds is 5. The zero-order chi connectivity index (χ0) is 19.5. The molecule has 1 amide bonds. The van der Waals surface area contributed by atoms with Crippen LogP contribution in [0.25, 0.3) is 0 Å². The van der Waals surface area contributed by atoms with Gasteiger partial charge in [0, 0.05) is 0 Å². The first-order valence-corrected chi connectivity index (χ1v) is 8.92. The summed E-state index contributed by atoms with van der Waals surface area (Å²) >= 11 is 12.1. The summed E-state index contributed by atoms with van der Waals surface area (Å²) in [6.45, 7) is 6.29. The summed E-state index contributed by atoms with van der Waals surface area (Å²) in [5.41, 5.74) is 1.94. The van der Waals surface area contributed by atoms with E-state index in [1.165, 1.54) is 0 Å². The largest absolute Gasteiger partial charge is 0.481 e. The summed E-state index contributed by atoms with van der Waals surface area (Å²) in [5, 5.41) is 12.4. The molecule has 4 nitrogen and oxygen atoms in total. The van der Waals surface area contributed by atoms with Gasteiger partial charge in [-0.2, -0.15) is 0 Å². The van der Waals surface area contributed by atoms with E-state index in [9.17, 15) is 14.7 Å². The maximum atomic E-state index is 12.6. The third kappa shape index (κ3) is 4.99. The van der Waals surface area contributed by atoms with Crippen molar-refractivity contribution < 1.29 is 14.7 Å². The van der Waals surface area contributed by atoms with Crippen LogP contribution in [0.2, 0.25) is 10.0 Å². The lowest BCUT2D eigenvalue weighted by atomic mass is 9.86. The van der Waals surface area contributed by atoms with Gasteiger partial charge in [-0.15, -0.1) is 0 Å². The van der Waals surface area contributed by atoms with E-state index in [1.54, 1.807) is 18.2 Å². The minimum Gasteiger partial charge on any atom is -0.481 e. The average Bonchev–Trinajstić information content (AvgIpc) is 2.53. The molecule has 1 unspecified atom stereocenters. The highest BCUT2D eigenvalue weighted by Crippen LogP contribution is 2.27. The van der Waals surface area contributed by atoms with Crippen molar-refractivity contribution >= 4 is 35.1 Å². The Morgan fingerprint density at radius 1 is 1.04 bits per heavy atom. The van der Waals surface area contributed by atoms with Crippen molar-refractivity contribution in [1.82, 2.24) is 5.32 Å². The second-order valence-electron chi connectivity index (χ2n) is 7.09. The molecular weight excluding hydrogens is 373 g/mol. The lowest BCUT2D eigenvalue weighted by molar-refractivity contribution is -0.137. The molecule has 2 rings (SSSR count). The standard InChI is InChI=1S/C20H21Cl2NO3/c1-20(2,3)13-9-7-12(8-10-13)16(11-17(24)25)23-19(26)18-14(21)5-4-6-15(18)22/h4-10,16H,11H2,1-3H3,(H,23,26)(H,24,25). The molecule has 0 fully saturated rings. The van der Waals surface area contributed by atoms with Crippen LogP contribution in [0, 0.1) is 0 Å². The predicted octanol–water partition coefficient (Wildman–Crippen LogP) is 5.24. The fourth-order valence-corrected chi connectivity index (χ4v) is 3.16. The molecule has 0 bridgehead atoms. The Hall–Kier alpha value is -2.04. The fourth-order valence-electron chi connectivity index (χ4n) is 2.59. The quantitative estimate of drug-likeness (QED) is 0.729. The van der Waals surface area contributed by atoms with Crippen molar-refractivity contribution in [1.29, 1.82) is 0 Å². The Kier molecular flexibility index (Phi) is 6.32. The first-order valence-electron chi connectivity index (χ1n) is 8.16. The van der Waals surface area contributed by atoms with Crippen molar-refractivity contribution in [3.8, 4) is 0 Å². The van der Waals surface area contributed by atoms with E-state index in [2.05, 4.69) is 26.1 Å². The Labute approximate surface area is 163 Å². The van der Waals surface area contributed by atoms with Crippen LogP contribution < -0.4 is 5.32 Å². The van der Waals surface area contributed by atoms with E-state index in [4.69, 9.17) is 23.2 Å². The highest BCUT2D eigenvalue weighted by atomic mass is 35.5. The van der Waals surface area contributed by atoms with Crippen LogP contribution in [0.5, 0.6) is 0 Å². The van der Waals surface area contributed by atoms with E-state index < -0.39 is 17.9 Å². The Balaban J connectivity index is 2.30. The van der Waals surface area contributed by atoms with Crippen LogP contribution >= 0.6 is 23.2 Å². The minimum absolute atomic E-state index is 0.0187. The summed E-state index contributed by atoms with van der Waals surface area (Å²) in [4.78, 5) is 23.9. The van der Waals surface area contributed by atoms with Crippen LogP contribution in [0.3, 0.4) is 0 Å². The number of hydrogen-bond acceptors (Lipinski definition) is 2. The van der Waals surface area contributed by atoms with Crippen molar-refractivity contribution in [2.45, 2.75) is 38.6 Å². The summed E-state index contributed by atoms with van der Waals surface area (Å²) in [7, 11) is 0. The number of benzene rings is 2. The molecule has 2 N–H and O–H groups in total. The number of carboxylic acid groups (broad SMARTS) is 1. The Bertz CT molecular complexity index is 791. The van der Waals surface area contributed by atoms with E-state index in [1.807, 2.05) is 24.3 Å². The van der Waals surface area contributed by atoms with Crippen molar-refractivity contribution in [2.24, 2.45) is 0 Å². The van der Waals surface area contributed by atoms with Crippen molar-refractivity contribution in [3.05, 3.63) is 69.2 Å². The highest BCUT2D eigenvalue weighted by Gasteiger charge is 2.22. The average molecular weight is 394 g/mol. The monoisotopic (exact) mass is 393 g/mol. The summed E-state index contributed by atoms with van der Waals surface area (Å²) in [6, 6.07) is 11.6. The smallest absolute Gasteiger partial charge is 0.305 e. The van der Waals surface area contributed by atoms with Crippen LogP contribution in [0.4, 0.5) is 0 Å². The van der Waals surface area contributed by atoms with Gasteiger partial charge in [-0.25, -0.2) is 0 Å². The van der Waals surface area contributed by atoms with Gasteiger partial charge in [-0.3, -0.25) is 9.59 Å². The van der Waals surface area contributed by atoms with E-state index in [-0.39, 0.29) is 27.4 Å². The van der Waals surface area contributed by atoms with Crippen LogP contribution in [-0.2, 0) is 10.2 Å². The number of halogens is 2. The molecule has 2 aromatic carbocycles. The summed E-state index contributed by atoms with van der Waals surface area (Å²) < 4.78 is 0. The fraction of sp³-hybridized carbons (Fsp3) is 0.300. The SMILES string of the molecule is CC(C)(C)c1ccc(C(CC(=O)O)NC(=O)c2c(Cl)cccc2Cl)cc1. The molecule has 26 heavy (non-hydrogen) atoms. The predicted molar refractivity (Wildman–Crippen MR) is 104 cm³/mol. The lowest BCUT2D eigenvalue weighted by Crippen LogP contribution is -2.30. The third-order valence-corrected chi connectivity index (χ3v) is 4.68. The van der Waals surface area contributed by atoms with Gasteiger partial charge in [0.25, 0.3) is 5.91 Å². The third-order valence-electron chi connectivity index (χ3n) is 4.05. The number of nitrogens with one attached hydrogen (secondary N) is 1. The van der Waals surface area contributed by atoms with Gasteiger partial charge >= 0.3 is 5.97 Å². The second kappa shape index (κ2) is 8.11. The number of carboxylic acids is 1. The van der Waals surface area contributed by atoms with E-state index in [0.29, 0.717) is 5.56 Å². The molecular formula is C20H21Cl2NO3. The van der Waals surface area contributed by atoms with Crippen LogP contribution in [0.15, 0.2) is 42.5 Å². The molecule has 138 valence electrons. The Morgan fingerprint density at radius 2 is 1.58 bits per heavy atom. The number of carbonyl (C=O) groups excluding carboxylic acids is 1. The molecule has 0 heterocycles. The van der Waals surface area contributed by atoms with Crippen molar-refractivity contribution in [3.63, 3.8) is 0 Å². The number of aliphatic carboxylic acids is 1. The molecule has 0 spiro atoms.